The van der Waals surface area contributed by atoms with Crippen molar-refractivity contribution in [2.24, 2.45) is 10.4 Å². The van der Waals surface area contributed by atoms with Crippen LogP contribution in [0.25, 0.3) is 0 Å². The van der Waals surface area contributed by atoms with Crippen molar-refractivity contribution in [3.8, 4) is 0 Å². The fourth-order valence-corrected chi connectivity index (χ4v) is 2.53. The smallest absolute Gasteiger partial charge is 0.249 e. The lowest BCUT2D eigenvalue weighted by molar-refractivity contribution is -0.127. The van der Waals surface area contributed by atoms with Gasteiger partial charge in [0.05, 0.1) is 23.6 Å². The van der Waals surface area contributed by atoms with Gasteiger partial charge in [-0.25, -0.2) is 0 Å². The maximum absolute atomic E-state index is 12.6. The van der Waals surface area contributed by atoms with E-state index in [9.17, 15) is 9.59 Å². The number of amides is 1. The van der Waals surface area contributed by atoms with E-state index in [4.69, 9.17) is 0 Å². The number of anilines is 1. The van der Waals surface area contributed by atoms with Crippen LogP contribution < -0.4 is 4.90 Å². The normalized spacial score (nSPS) is 14.9. The molecule has 1 aromatic carbocycles. The van der Waals surface area contributed by atoms with Crippen LogP contribution in [0.1, 0.15) is 32.0 Å². The highest BCUT2D eigenvalue weighted by Gasteiger charge is 2.30. The number of benzodiazepines with no additional fused rings is 1. The molecular formula is C18H20N4O2. The molecule has 0 unspecified atom stereocenters. The van der Waals surface area contributed by atoms with Crippen molar-refractivity contribution in [2.45, 2.75) is 20.8 Å². The third kappa shape index (κ3) is 2.99. The zero-order valence-corrected chi connectivity index (χ0v) is 14.0. The Labute approximate surface area is 140 Å². The minimum absolute atomic E-state index is 0.000453. The van der Waals surface area contributed by atoms with E-state index in [1.165, 1.54) is 4.90 Å². The molecule has 1 amide bonds. The molecule has 0 aliphatic carbocycles. The van der Waals surface area contributed by atoms with E-state index in [0.717, 1.165) is 11.3 Å². The zero-order chi connectivity index (χ0) is 17.3. The number of ketones is 1. The number of aliphatic imine (C=N–C) groups is 1. The van der Waals surface area contributed by atoms with E-state index in [1.54, 1.807) is 6.20 Å². The Bertz CT molecular complexity index is 801. The number of para-hydroxylation sites is 1. The number of rotatable bonds is 3. The topological polar surface area (TPSA) is 78.4 Å². The van der Waals surface area contributed by atoms with Gasteiger partial charge in [0.25, 0.3) is 0 Å². The monoisotopic (exact) mass is 324 g/mol. The number of fused-ring (bicyclic) bond motifs is 1. The quantitative estimate of drug-likeness (QED) is 0.940. The molecule has 2 heterocycles. The average Bonchev–Trinajstić information content (AvgIpc) is 3.02. The maximum atomic E-state index is 12.6. The second-order valence-electron chi connectivity index (χ2n) is 6.81. The molecule has 2 aromatic rings. The van der Waals surface area contributed by atoms with Gasteiger partial charge in [-0.05, 0) is 12.1 Å². The number of hydrogen-bond donors (Lipinski definition) is 1. The van der Waals surface area contributed by atoms with Crippen molar-refractivity contribution in [3.05, 3.63) is 47.8 Å². The van der Waals surface area contributed by atoms with Gasteiger partial charge in [-0.2, -0.15) is 5.10 Å². The van der Waals surface area contributed by atoms with Gasteiger partial charge in [-0.15, -0.1) is 0 Å². The number of aromatic amines is 1. The number of carbonyl (C=O) groups is 2. The first-order chi connectivity index (χ1) is 11.4. The molecule has 1 aliphatic heterocycles. The van der Waals surface area contributed by atoms with Crippen molar-refractivity contribution >= 4 is 23.1 Å². The van der Waals surface area contributed by atoms with Crippen molar-refractivity contribution in [1.82, 2.24) is 10.2 Å². The molecule has 6 heteroatoms. The maximum Gasteiger partial charge on any atom is 0.249 e. The zero-order valence-electron chi connectivity index (χ0n) is 14.0. The van der Waals surface area contributed by atoms with Crippen molar-refractivity contribution in [3.63, 3.8) is 0 Å². The molecule has 3 rings (SSSR count). The molecule has 0 bridgehead atoms. The standard InChI is InChI=1S/C18H20N4O2/c1-18(2,3)15(23)11-22-14-7-5-4-6-12(14)17(19-10-16(22)24)13-8-9-20-21-13/h4-9H,10-11H2,1-3H3,(H,20,21). The lowest BCUT2D eigenvalue weighted by Gasteiger charge is -2.26. The largest absolute Gasteiger partial charge is 0.303 e. The van der Waals surface area contributed by atoms with Crippen LogP contribution in [0.3, 0.4) is 0 Å². The number of H-pyrrole nitrogens is 1. The van der Waals surface area contributed by atoms with Crippen LogP contribution in [0.15, 0.2) is 41.5 Å². The Balaban J connectivity index is 2.05. The van der Waals surface area contributed by atoms with Gasteiger partial charge in [-0.3, -0.25) is 19.7 Å². The molecule has 0 radical (unpaired) electrons. The number of hydrogen-bond acceptors (Lipinski definition) is 4. The van der Waals surface area contributed by atoms with Gasteiger partial charge in [-0.1, -0.05) is 39.0 Å². The van der Waals surface area contributed by atoms with Crippen LogP contribution in [0.5, 0.6) is 0 Å². The van der Waals surface area contributed by atoms with Crippen LogP contribution in [0, 0.1) is 5.41 Å². The average molecular weight is 324 g/mol. The molecule has 0 atom stereocenters. The fourth-order valence-electron chi connectivity index (χ4n) is 2.53. The Morgan fingerprint density at radius 3 is 2.67 bits per heavy atom. The molecule has 0 saturated heterocycles. The summed E-state index contributed by atoms with van der Waals surface area (Å²) in [6.07, 6.45) is 1.65. The van der Waals surface area contributed by atoms with Crippen molar-refractivity contribution in [2.75, 3.05) is 18.0 Å². The minimum Gasteiger partial charge on any atom is -0.303 e. The number of nitrogens with one attached hydrogen (secondary N) is 1. The van der Waals surface area contributed by atoms with E-state index >= 15 is 0 Å². The summed E-state index contributed by atoms with van der Waals surface area (Å²) in [4.78, 5) is 31.0. The first kappa shape index (κ1) is 16.1. The molecule has 1 aromatic heterocycles. The van der Waals surface area contributed by atoms with Crippen LogP contribution >= 0.6 is 0 Å². The Hall–Kier alpha value is -2.76. The summed E-state index contributed by atoms with van der Waals surface area (Å²) >= 11 is 0. The molecular weight excluding hydrogens is 304 g/mol. The van der Waals surface area contributed by atoms with Gasteiger partial charge in [0.2, 0.25) is 5.91 Å². The van der Waals surface area contributed by atoms with Crippen LogP contribution in [0.4, 0.5) is 5.69 Å². The first-order valence-electron chi connectivity index (χ1n) is 7.85. The second kappa shape index (κ2) is 6.03. The number of benzene rings is 1. The Kier molecular flexibility index (Phi) is 4.05. The summed E-state index contributed by atoms with van der Waals surface area (Å²) in [5.41, 5.74) is 2.44. The third-order valence-electron chi connectivity index (χ3n) is 4.02. The lowest BCUT2D eigenvalue weighted by Crippen LogP contribution is -2.40. The van der Waals surface area contributed by atoms with Gasteiger partial charge in [0, 0.05) is 17.2 Å². The third-order valence-corrected chi connectivity index (χ3v) is 4.02. The number of aromatic nitrogens is 2. The summed E-state index contributed by atoms with van der Waals surface area (Å²) in [5, 5.41) is 6.85. The van der Waals surface area contributed by atoms with Gasteiger partial charge < -0.3 is 4.90 Å². The van der Waals surface area contributed by atoms with Crippen molar-refractivity contribution < 1.29 is 9.59 Å². The van der Waals surface area contributed by atoms with Crippen LogP contribution in [-0.2, 0) is 9.59 Å². The molecule has 6 nitrogen and oxygen atoms in total. The van der Waals surface area contributed by atoms with E-state index < -0.39 is 5.41 Å². The molecule has 124 valence electrons. The van der Waals surface area contributed by atoms with Gasteiger partial charge >= 0.3 is 0 Å². The summed E-state index contributed by atoms with van der Waals surface area (Å²) in [5.74, 6) is -0.176. The van der Waals surface area contributed by atoms with E-state index in [2.05, 4.69) is 15.2 Å². The fraction of sp³-hybridized carbons (Fsp3) is 0.333. The van der Waals surface area contributed by atoms with Crippen molar-refractivity contribution in [1.29, 1.82) is 0 Å². The molecule has 1 aliphatic rings. The number of nitrogens with zero attached hydrogens (tertiary/aromatic N) is 3. The highest BCUT2D eigenvalue weighted by Crippen LogP contribution is 2.27. The Morgan fingerprint density at radius 2 is 2.00 bits per heavy atom. The predicted octanol–water partition coefficient (Wildman–Crippen LogP) is 2.21. The molecule has 24 heavy (non-hydrogen) atoms. The predicted molar refractivity (Wildman–Crippen MR) is 92.4 cm³/mol. The lowest BCUT2D eigenvalue weighted by atomic mass is 9.90. The Morgan fingerprint density at radius 1 is 1.25 bits per heavy atom. The van der Waals surface area contributed by atoms with Crippen LogP contribution in [-0.4, -0.2) is 40.7 Å². The summed E-state index contributed by atoms with van der Waals surface area (Å²) < 4.78 is 0. The SMILES string of the molecule is CC(C)(C)C(=O)CN1C(=O)CN=C(c2ccn[nH]2)c2ccccc21. The summed E-state index contributed by atoms with van der Waals surface area (Å²) in [7, 11) is 0. The van der Waals surface area contributed by atoms with E-state index in [0.29, 0.717) is 11.4 Å². The highest BCUT2D eigenvalue weighted by molar-refractivity contribution is 6.19. The van der Waals surface area contributed by atoms with Gasteiger partial charge in [0.1, 0.15) is 6.54 Å². The minimum atomic E-state index is -0.505. The molecule has 0 saturated carbocycles. The van der Waals surface area contributed by atoms with E-state index in [1.807, 2.05) is 51.1 Å². The summed E-state index contributed by atoms with van der Waals surface area (Å²) in [6.45, 7) is 5.62. The van der Waals surface area contributed by atoms with E-state index in [-0.39, 0.29) is 24.8 Å². The molecule has 0 spiro atoms. The molecule has 0 fully saturated rings. The number of Topliss-reactive ketones (excluding diaryl/α,β-unsaturated/α-hetero) is 1. The molecule has 1 N–H and O–H groups in total. The summed E-state index contributed by atoms with van der Waals surface area (Å²) in [6, 6.07) is 9.32. The number of carbonyl (C=O) groups excluding carboxylic acids is 2. The second-order valence-corrected chi connectivity index (χ2v) is 6.81. The first-order valence-corrected chi connectivity index (χ1v) is 7.85. The highest BCUT2D eigenvalue weighted by atomic mass is 16.2. The van der Waals surface area contributed by atoms with Crippen LogP contribution in [0.2, 0.25) is 0 Å². The van der Waals surface area contributed by atoms with Gasteiger partial charge in [0.15, 0.2) is 5.78 Å².